The monoisotopic (exact) mass is 267 g/mol. The normalized spacial score (nSPS) is 10.1. The minimum atomic E-state index is 0.0942. The molecule has 0 spiro atoms. The van der Waals surface area contributed by atoms with E-state index in [0.29, 0.717) is 12.3 Å². The molecule has 0 bridgehead atoms. The van der Waals surface area contributed by atoms with E-state index >= 15 is 0 Å². The number of carbonyl (C=O) groups excluding carboxylic acids is 1. The quantitative estimate of drug-likeness (QED) is 0.758. The summed E-state index contributed by atoms with van der Waals surface area (Å²) in [6.45, 7) is 5.69. The minimum absolute atomic E-state index is 0.0942. The van der Waals surface area contributed by atoms with E-state index in [-0.39, 0.29) is 5.91 Å². The van der Waals surface area contributed by atoms with E-state index in [0.717, 1.165) is 30.1 Å². The number of nitrogens with one attached hydrogen (secondary N) is 2. The number of pyridine rings is 1. The fourth-order valence-corrected chi connectivity index (χ4v) is 2.17. The van der Waals surface area contributed by atoms with Crippen LogP contribution in [0.3, 0.4) is 0 Å². The van der Waals surface area contributed by atoms with E-state index in [1.807, 2.05) is 19.2 Å². The fourth-order valence-electron chi connectivity index (χ4n) is 1.38. The molecule has 4 nitrogen and oxygen atoms in total. The van der Waals surface area contributed by atoms with Crippen molar-refractivity contribution >= 4 is 23.5 Å². The van der Waals surface area contributed by atoms with Gasteiger partial charge < -0.3 is 10.6 Å². The lowest BCUT2D eigenvalue weighted by molar-refractivity contribution is -0.118. The molecule has 1 aromatic rings. The van der Waals surface area contributed by atoms with Crippen LogP contribution in [0.2, 0.25) is 0 Å². The first kappa shape index (κ1) is 14.8. The minimum Gasteiger partial charge on any atom is -0.370 e. The summed E-state index contributed by atoms with van der Waals surface area (Å²) in [7, 11) is 0. The number of carbonyl (C=O) groups is 1. The van der Waals surface area contributed by atoms with Gasteiger partial charge in [-0.1, -0.05) is 13.0 Å². The number of rotatable bonds is 8. The first-order chi connectivity index (χ1) is 8.76. The van der Waals surface area contributed by atoms with Crippen LogP contribution in [0.25, 0.3) is 0 Å². The zero-order valence-corrected chi connectivity index (χ0v) is 11.8. The Hall–Kier alpha value is -1.23. The van der Waals surface area contributed by atoms with Gasteiger partial charge >= 0.3 is 0 Å². The molecule has 1 aromatic heterocycles. The van der Waals surface area contributed by atoms with Crippen LogP contribution in [0.4, 0.5) is 5.82 Å². The van der Waals surface area contributed by atoms with Crippen molar-refractivity contribution in [3.8, 4) is 0 Å². The highest BCUT2D eigenvalue weighted by molar-refractivity contribution is 7.99. The lowest BCUT2D eigenvalue weighted by Gasteiger charge is -2.05. The molecule has 1 rings (SSSR count). The van der Waals surface area contributed by atoms with Crippen molar-refractivity contribution in [2.24, 2.45) is 0 Å². The van der Waals surface area contributed by atoms with Gasteiger partial charge in [0.2, 0.25) is 5.91 Å². The molecular formula is C13H21N3OS. The number of hydrogen-bond acceptors (Lipinski definition) is 4. The van der Waals surface area contributed by atoms with Gasteiger partial charge in [-0.05, 0) is 25.0 Å². The number of amides is 1. The number of thioether (sulfide) groups is 1. The Kier molecular flexibility index (Phi) is 7.25. The van der Waals surface area contributed by atoms with Crippen LogP contribution in [0.15, 0.2) is 18.3 Å². The second kappa shape index (κ2) is 8.80. The molecule has 0 aliphatic rings. The SMILES string of the molecule is CCCNc1ccc(CSCC(=O)NCC)cn1. The first-order valence-corrected chi connectivity index (χ1v) is 7.45. The maximum Gasteiger partial charge on any atom is 0.229 e. The molecule has 0 atom stereocenters. The maximum absolute atomic E-state index is 11.2. The molecule has 1 amide bonds. The molecule has 2 N–H and O–H groups in total. The number of anilines is 1. The number of aromatic nitrogens is 1. The standard InChI is InChI=1S/C13H21N3OS/c1-3-7-15-12-6-5-11(8-16-12)9-18-10-13(17)14-4-2/h5-6,8H,3-4,7,9-10H2,1-2H3,(H,14,17)(H,15,16). The Bertz CT molecular complexity index is 354. The van der Waals surface area contributed by atoms with Gasteiger partial charge in [-0.3, -0.25) is 4.79 Å². The van der Waals surface area contributed by atoms with Crippen molar-refractivity contribution in [2.75, 3.05) is 24.2 Å². The van der Waals surface area contributed by atoms with Crippen LogP contribution in [0, 0.1) is 0 Å². The van der Waals surface area contributed by atoms with Gasteiger partial charge in [0.25, 0.3) is 0 Å². The Morgan fingerprint density at radius 2 is 2.22 bits per heavy atom. The van der Waals surface area contributed by atoms with Gasteiger partial charge in [0.1, 0.15) is 5.82 Å². The molecule has 0 radical (unpaired) electrons. The molecule has 0 fully saturated rings. The topological polar surface area (TPSA) is 54.0 Å². The van der Waals surface area contributed by atoms with Crippen molar-refractivity contribution in [1.82, 2.24) is 10.3 Å². The van der Waals surface area contributed by atoms with Crippen LogP contribution in [-0.2, 0) is 10.5 Å². The van der Waals surface area contributed by atoms with E-state index < -0.39 is 0 Å². The van der Waals surface area contributed by atoms with Crippen LogP contribution < -0.4 is 10.6 Å². The molecule has 0 aliphatic heterocycles. The van der Waals surface area contributed by atoms with Crippen LogP contribution in [0.1, 0.15) is 25.8 Å². The Morgan fingerprint density at radius 3 is 2.83 bits per heavy atom. The summed E-state index contributed by atoms with van der Waals surface area (Å²) < 4.78 is 0. The lowest BCUT2D eigenvalue weighted by atomic mass is 10.3. The number of hydrogen-bond donors (Lipinski definition) is 2. The van der Waals surface area contributed by atoms with Crippen molar-refractivity contribution < 1.29 is 4.79 Å². The smallest absolute Gasteiger partial charge is 0.229 e. The molecule has 0 saturated carbocycles. The van der Waals surface area contributed by atoms with E-state index in [2.05, 4.69) is 28.6 Å². The van der Waals surface area contributed by atoms with Gasteiger partial charge in [0.15, 0.2) is 0 Å². The predicted octanol–water partition coefficient (Wildman–Crippen LogP) is 2.27. The second-order valence-corrected chi connectivity index (χ2v) is 4.91. The summed E-state index contributed by atoms with van der Waals surface area (Å²) in [5.41, 5.74) is 1.14. The van der Waals surface area contributed by atoms with Gasteiger partial charge in [0, 0.05) is 25.0 Å². The summed E-state index contributed by atoms with van der Waals surface area (Å²) in [5, 5.41) is 6.01. The Balaban J connectivity index is 2.28. The predicted molar refractivity (Wildman–Crippen MR) is 77.9 cm³/mol. The lowest BCUT2D eigenvalue weighted by Crippen LogP contribution is -2.24. The molecule has 0 aromatic carbocycles. The highest BCUT2D eigenvalue weighted by Gasteiger charge is 2.00. The summed E-state index contributed by atoms with van der Waals surface area (Å²) in [6, 6.07) is 4.04. The summed E-state index contributed by atoms with van der Waals surface area (Å²) in [6.07, 6.45) is 2.95. The third kappa shape index (κ3) is 5.91. The van der Waals surface area contributed by atoms with Gasteiger partial charge in [-0.15, -0.1) is 11.8 Å². The van der Waals surface area contributed by atoms with Crippen molar-refractivity contribution in [3.63, 3.8) is 0 Å². The average Bonchev–Trinajstić information content (AvgIpc) is 2.38. The molecule has 5 heteroatoms. The highest BCUT2D eigenvalue weighted by atomic mass is 32.2. The highest BCUT2D eigenvalue weighted by Crippen LogP contribution is 2.12. The Morgan fingerprint density at radius 1 is 1.39 bits per heavy atom. The molecule has 0 aliphatic carbocycles. The molecule has 0 unspecified atom stereocenters. The first-order valence-electron chi connectivity index (χ1n) is 6.29. The van der Waals surface area contributed by atoms with E-state index in [1.165, 1.54) is 0 Å². The van der Waals surface area contributed by atoms with Gasteiger partial charge in [-0.25, -0.2) is 4.98 Å². The molecule has 100 valence electrons. The summed E-state index contributed by atoms with van der Waals surface area (Å²) >= 11 is 1.61. The zero-order valence-electron chi connectivity index (χ0n) is 11.0. The van der Waals surface area contributed by atoms with Crippen LogP contribution in [0.5, 0.6) is 0 Å². The summed E-state index contributed by atoms with van der Waals surface area (Å²) in [5.74, 6) is 2.33. The van der Waals surface area contributed by atoms with Crippen LogP contribution in [-0.4, -0.2) is 29.7 Å². The van der Waals surface area contributed by atoms with Crippen molar-refractivity contribution in [1.29, 1.82) is 0 Å². The second-order valence-electron chi connectivity index (χ2n) is 3.92. The average molecular weight is 267 g/mol. The van der Waals surface area contributed by atoms with E-state index in [4.69, 9.17) is 0 Å². The van der Waals surface area contributed by atoms with E-state index in [1.54, 1.807) is 11.8 Å². The van der Waals surface area contributed by atoms with E-state index in [9.17, 15) is 4.79 Å². The summed E-state index contributed by atoms with van der Waals surface area (Å²) in [4.78, 5) is 15.6. The zero-order chi connectivity index (χ0) is 13.2. The van der Waals surface area contributed by atoms with Crippen molar-refractivity contribution in [2.45, 2.75) is 26.0 Å². The maximum atomic E-state index is 11.2. The Labute approximate surface area is 113 Å². The van der Waals surface area contributed by atoms with Gasteiger partial charge in [-0.2, -0.15) is 0 Å². The third-order valence-electron chi connectivity index (χ3n) is 2.26. The number of nitrogens with zero attached hydrogens (tertiary/aromatic N) is 1. The third-order valence-corrected chi connectivity index (χ3v) is 3.26. The molecular weight excluding hydrogens is 246 g/mol. The van der Waals surface area contributed by atoms with Gasteiger partial charge in [0.05, 0.1) is 5.75 Å². The van der Waals surface area contributed by atoms with Crippen molar-refractivity contribution in [3.05, 3.63) is 23.9 Å². The molecule has 0 saturated heterocycles. The molecule has 1 heterocycles. The largest absolute Gasteiger partial charge is 0.370 e. The molecule has 18 heavy (non-hydrogen) atoms. The van der Waals surface area contributed by atoms with Crippen LogP contribution >= 0.6 is 11.8 Å². The fraction of sp³-hybridized carbons (Fsp3) is 0.538.